The van der Waals surface area contributed by atoms with Crippen molar-refractivity contribution in [1.82, 2.24) is 4.90 Å². The van der Waals surface area contributed by atoms with Crippen LogP contribution < -0.4 is 0 Å². The Morgan fingerprint density at radius 2 is 1.92 bits per heavy atom. The molecule has 2 aromatic rings. The lowest BCUT2D eigenvalue weighted by Gasteiger charge is -2.28. The van der Waals surface area contributed by atoms with Crippen LogP contribution in [0.2, 0.25) is 0 Å². The highest BCUT2D eigenvalue weighted by atomic mass is 79.9. The van der Waals surface area contributed by atoms with Gasteiger partial charge in [-0.3, -0.25) is 4.79 Å². The maximum atomic E-state index is 13.7. The van der Waals surface area contributed by atoms with Gasteiger partial charge >= 0.3 is 5.97 Å². The van der Waals surface area contributed by atoms with Gasteiger partial charge < -0.3 is 9.64 Å². The fourth-order valence-electron chi connectivity index (χ4n) is 2.66. The van der Waals surface area contributed by atoms with Gasteiger partial charge in [0.25, 0.3) is 5.91 Å². The Bertz CT molecular complexity index is 794. The van der Waals surface area contributed by atoms with Gasteiger partial charge in [0, 0.05) is 17.6 Å². The molecule has 0 N–H and O–H groups in total. The van der Waals surface area contributed by atoms with Crippen molar-refractivity contribution in [3.8, 4) is 0 Å². The van der Waals surface area contributed by atoms with Gasteiger partial charge in [0.05, 0.1) is 5.56 Å². The second-order valence-electron chi connectivity index (χ2n) is 5.53. The van der Waals surface area contributed by atoms with Crippen LogP contribution in [0.15, 0.2) is 46.9 Å². The molecule has 0 saturated carbocycles. The van der Waals surface area contributed by atoms with Gasteiger partial charge in [-0.2, -0.15) is 0 Å². The number of fused-ring (bicyclic) bond motifs is 1. The molecule has 0 atom stereocenters. The number of nitrogens with zero attached hydrogens (tertiary/aromatic N) is 1. The first-order valence-electron chi connectivity index (χ1n) is 7.51. The van der Waals surface area contributed by atoms with E-state index in [9.17, 15) is 14.0 Å². The van der Waals surface area contributed by atoms with E-state index in [0.717, 1.165) is 12.0 Å². The molecule has 0 spiro atoms. The predicted octanol–water partition coefficient (Wildman–Crippen LogP) is 3.33. The van der Waals surface area contributed by atoms with E-state index in [-0.39, 0.29) is 11.5 Å². The zero-order valence-electron chi connectivity index (χ0n) is 12.8. The van der Waals surface area contributed by atoms with Gasteiger partial charge in [-0.15, -0.1) is 0 Å². The molecule has 0 unspecified atom stereocenters. The van der Waals surface area contributed by atoms with Crippen LogP contribution in [-0.2, 0) is 22.5 Å². The van der Waals surface area contributed by atoms with Crippen LogP contribution in [0.4, 0.5) is 4.39 Å². The lowest BCUT2D eigenvalue weighted by molar-refractivity contribution is -0.135. The van der Waals surface area contributed by atoms with Gasteiger partial charge in [-0.1, -0.05) is 40.2 Å². The van der Waals surface area contributed by atoms with Crippen LogP contribution >= 0.6 is 15.9 Å². The van der Waals surface area contributed by atoms with Crippen LogP contribution in [0.5, 0.6) is 0 Å². The van der Waals surface area contributed by atoms with E-state index >= 15 is 0 Å². The molecule has 0 aromatic heterocycles. The molecule has 0 saturated heterocycles. The number of esters is 1. The number of amides is 1. The molecule has 1 heterocycles. The predicted molar refractivity (Wildman–Crippen MR) is 89.9 cm³/mol. The minimum atomic E-state index is -0.842. The molecule has 1 aliphatic rings. The second kappa shape index (κ2) is 7.13. The Balaban J connectivity index is 1.59. The van der Waals surface area contributed by atoms with Crippen molar-refractivity contribution >= 4 is 27.8 Å². The van der Waals surface area contributed by atoms with E-state index in [2.05, 4.69) is 15.9 Å². The van der Waals surface area contributed by atoms with Crippen LogP contribution in [0.3, 0.4) is 0 Å². The minimum Gasteiger partial charge on any atom is -0.452 e. The summed E-state index contributed by atoms with van der Waals surface area (Å²) in [6.45, 7) is 0.690. The maximum Gasteiger partial charge on any atom is 0.341 e. The topological polar surface area (TPSA) is 46.6 Å². The monoisotopic (exact) mass is 391 g/mol. The molecule has 24 heavy (non-hydrogen) atoms. The largest absolute Gasteiger partial charge is 0.452 e. The number of ether oxygens (including phenoxy) is 1. The van der Waals surface area contributed by atoms with Crippen LogP contribution in [0.25, 0.3) is 0 Å². The third-order valence-corrected chi connectivity index (χ3v) is 4.45. The Kier molecular flexibility index (Phi) is 4.94. The highest BCUT2D eigenvalue weighted by Crippen LogP contribution is 2.19. The average Bonchev–Trinajstić information content (AvgIpc) is 2.59. The smallest absolute Gasteiger partial charge is 0.341 e. The first-order valence-corrected chi connectivity index (χ1v) is 8.30. The Labute approximate surface area is 147 Å². The van der Waals surface area contributed by atoms with Crippen molar-refractivity contribution in [2.75, 3.05) is 13.2 Å². The van der Waals surface area contributed by atoms with Gasteiger partial charge in [0.2, 0.25) is 0 Å². The van der Waals surface area contributed by atoms with E-state index in [1.165, 1.54) is 17.7 Å². The zero-order valence-corrected chi connectivity index (χ0v) is 14.4. The van der Waals surface area contributed by atoms with Gasteiger partial charge in [-0.05, 0) is 35.7 Å². The summed E-state index contributed by atoms with van der Waals surface area (Å²) in [5.41, 5.74) is 2.15. The average molecular weight is 392 g/mol. The number of rotatable bonds is 3. The summed E-state index contributed by atoms with van der Waals surface area (Å²) in [5, 5.41) is 0. The molecule has 2 aromatic carbocycles. The van der Waals surface area contributed by atoms with Crippen molar-refractivity contribution in [3.05, 3.63) is 69.4 Å². The number of benzene rings is 2. The minimum absolute atomic E-state index is 0.185. The molecule has 0 radical (unpaired) electrons. The number of halogens is 2. The van der Waals surface area contributed by atoms with Crippen molar-refractivity contribution in [2.24, 2.45) is 0 Å². The van der Waals surface area contributed by atoms with Crippen LogP contribution in [0.1, 0.15) is 21.5 Å². The first-order chi connectivity index (χ1) is 11.5. The molecule has 0 bridgehead atoms. The number of hydrogen-bond donors (Lipinski definition) is 0. The SMILES string of the molecule is O=C(OCC(=O)N1CCc2ccccc2C1)c1ccc(Br)cc1F. The summed E-state index contributed by atoms with van der Waals surface area (Å²) in [6, 6.07) is 12.0. The quantitative estimate of drug-likeness (QED) is 0.753. The molecule has 1 amide bonds. The van der Waals surface area contributed by atoms with Crippen molar-refractivity contribution in [1.29, 1.82) is 0 Å². The van der Waals surface area contributed by atoms with Crippen LogP contribution in [0, 0.1) is 5.82 Å². The third-order valence-electron chi connectivity index (χ3n) is 3.96. The van der Waals surface area contributed by atoms with Gasteiger partial charge in [-0.25, -0.2) is 9.18 Å². The molecule has 6 heteroatoms. The summed E-state index contributed by atoms with van der Waals surface area (Å²) < 4.78 is 19.2. The first kappa shape index (κ1) is 16.6. The summed E-state index contributed by atoms with van der Waals surface area (Å²) in [4.78, 5) is 25.8. The van der Waals surface area contributed by atoms with E-state index in [0.29, 0.717) is 17.6 Å². The maximum absolute atomic E-state index is 13.7. The van der Waals surface area contributed by atoms with Gasteiger partial charge in [0.15, 0.2) is 6.61 Å². The highest BCUT2D eigenvalue weighted by Gasteiger charge is 2.22. The van der Waals surface area contributed by atoms with E-state index in [1.54, 1.807) is 11.0 Å². The molecule has 124 valence electrons. The fourth-order valence-corrected chi connectivity index (χ4v) is 2.99. The summed E-state index contributed by atoms with van der Waals surface area (Å²) in [7, 11) is 0. The van der Waals surface area contributed by atoms with E-state index in [1.807, 2.05) is 24.3 Å². The van der Waals surface area contributed by atoms with Crippen LogP contribution in [-0.4, -0.2) is 29.9 Å². The summed E-state index contributed by atoms with van der Waals surface area (Å²) >= 11 is 3.12. The number of carbonyl (C=O) groups excluding carboxylic acids is 2. The molecule has 3 rings (SSSR count). The Morgan fingerprint density at radius 1 is 1.17 bits per heavy atom. The zero-order chi connectivity index (χ0) is 17.1. The van der Waals surface area contributed by atoms with Crippen molar-refractivity contribution in [2.45, 2.75) is 13.0 Å². The van der Waals surface area contributed by atoms with Crippen molar-refractivity contribution in [3.63, 3.8) is 0 Å². The molecular weight excluding hydrogens is 377 g/mol. The third kappa shape index (κ3) is 3.64. The van der Waals surface area contributed by atoms with E-state index in [4.69, 9.17) is 4.74 Å². The number of carbonyl (C=O) groups is 2. The standard InChI is InChI=1S/C18H15BrFNO3/c19-14-5-6-15(16(20)9-14)18(23)24-11-17(22)21-8-7-12-3-1-2-4-13(12)10-21/h1-6,9H,7-8,10-11H2. The summed E-state index contributed by atoms with van der Waals surface area (Å²) in [6.07, 6.45) is 0.775. The Hall–Kier alpha value is -2.21. The second-order valence-corrected chi connectivity index (χ2v) is 6.45. The van der Waals surface area contributed by atoms with Crippen molar-refractivity contribution < 1.29 is 18.7 Å². The highest BCUT2D eigenvalue weighted by molar-refractivity contribution is 9.10. The van der Waals surface area contributed by atoms with E-state index < -0.39 is 18.4 Å². The molecule has 4 nitrogen and oxygen atoms in total. The lowest BCUT2D eigenvalue weighted by Crippen LogP contribution is -2.38. The molecule has 0 aliphatic carbocycles. The normalized spacial score (nSPS) is 13.3. The Morgan fingerprint density at radius 3 is 2.67 bits per heavy atom. The molecule has 1 aliphatic heterocycles. The fraction of sp³-hybridized carbons (Fsp3) is 0.222. The molecular formula is C18H15BrFNO3. The molecule has 0 fully saturated rings. The lowest BCUT2D eigenvalue weighted by atomic mass is 10.00. The van der Waals surface area contributed by atoms with Gasteiger partial charge in [0.1, 0.15) is 5.82 Å². The summed E-state index contributed by atoms with van der Waals surface area (Å²) in [5.74, 6) is -1.81. The number of hydrogen-bond acceptors (Lipinski definition) is 3.